The van der Waals surface area contributed by atoms with E-state index < -0.39 is 11.7 Å². The molecule has 0 radical (unpaired) electrons. The van der Waals surface area contributed by atoms with Gasteiger partial charge in [0.25, 0.3) is 0 Å². The molecule has 0 saturated carbocycles. The van der Waals surface area contributed by atoms with Crippen molar-refractivity contribution >= 4 is 0 Å². The lowest BCUT2D eigenvalue weighted by atomic mass is 9.96. The summed E-state index contributed by atoms with van der Waals surface area (Å²) in [6, 6.07) is 15.8. The molecule has 0 bridgehead atoms. The van der Waals surface area contributed by atoms with E-state index in [2.05, 4.69) is 30.7 Å². The van der Waals surface area contributed by atoms with Crippen molar-refractivity contribution in [1.82, 2.24) is 35.4 Å². The van der Waals surface area contributed by atoms with E-state index in [4.69, 9.17) is 0 Å². The molecule has 0 unspecified atom stereocenters. The first-order valence-electron chi connectivity index (χ1n) is 10.3. The number of aromatic nitrogens is 7. The van der Waals surface area contributed by atoms with E-state index in [1.54, 1.807) is 11.6 Å². The number of hydrogen-bond acceptors (Lipinski definition) is 5. The molecule has 2 aromatic heterocycles. The number of halogens is 2. The zero-order chi connectivity index (χ0) is 21.8. The number of tetrazole rings is 1. The van der Waals surface area contributed by atoms with Gasteiger partial charge in [-0.3, -0.25) is 0 Å². The third kappa shape index (κ3) is 4.35. The van der Waals surface area contributed by atoms with Crippen molar-refractivity contribution in [3.05, 3.63) is 65.7 Å². The van der Waals surface area contributed by atoms with Gasteiger partial charge >= 0.3 is 5.92 Å². The van der Waals surface area contributed by atoms with Crippen LogP contribution in [0.4, 0.5) is 8.78 Å². The number of alkyl halides is 2. The van der Waals surface area contributed by atoms with Crippen LogP contribution >= 0.6 is 0 Å². The summed E-state index contributed by atoms with van der Waals surface area (Å²) in [5.41, 5.74) is 3.72. The Hall–Kier alpha value is -3.49. The van der Waals surface area contributed by atoms with E-state index in [1.165, 1.54) is 0 Å². The van der Waals surface area contributed by atoms with Crippen molar-refractivity contribution in [3.8, 4) is 22.5 Å². The van der Waals surface area contributed by atoms with Gasteiger partial charge in [0.1, 0.15) is 5.82 Å². The first-order chi connectivity index (χ1) is 15.0. The van der Waals surface area contributed by atoms with Gasteiger partial charge in [-0.1, -0.05) is 49.4 Å². The molecule has 31 heavy (non-hydrogen) atoms. The lowest BCUT2D eigenvalue weighted by Crippen LogP contribution is -2.15. The molecule has 4 aromatic rings. The quantitative estimate of drug-likeness (QED) is 0.447. The van der Waals surface area contributed by atoms with Gasteiger partial charge < -0.3 is 0 Å². The normalized spacial score (nSPS) is 11.7. The highest BCUT2D eigenvalue weighted by molar-refractivity contribution is 5.80. The average Bonchev–Trinajstić information content (AvgIpc) is 3.45. The van der Waals surface area contributed by atoms with Gasteiger partial charge in [-0.25, -0.2) is 14.8 Å². The fourth-order valence-electron chi connectivity index (χ4n) is 3.56. The van der Waals surface area contributed by atoms with Crippen LogP contribution in [0.2, 0.25) is 0 Å². The Bertz CT molecular complexity index is 1140. The Labute approximate surface area is 178 Å². The number of H-pyrrole nitrogens is 1. The smallest absolute Gasteiger partial charge is 0.250 e. The Morgan fingerprint density at radius 1 is 1.03 bits per heavy atom. The fraction of sp³-hybridized carbons (Fsp3) is 0.318. The molecule has 4 rings (SSSR count). The Morgan fingerprint density at radius 2 is 1.84 bits per heavy atom. The first kappa shape index (κ1) is 20.8. The zero-order valence-corrected chi connectivity index (χ0v) is 17.4. The van der Waals surface area contributed by atoms with Crippen molar-refractivity contribution < 1.29 is 8.78 Å². The Morgan fingerprint density at radius 3 is 2.52 bits per heavy atom. The molecule has 1 N–H and O–H groups in total. The number of nitrogens with zero attached hydrogens (tertiary/aromatic N) is 6. The molecular formula is C22H23F2N7. The maximum atomic E-state index is 14.4. The van der Waals surface area contributed by atoms with E-state index in [0.29, 0.717) is 31.0 Å². The lowest BCUT2D eigenvalue weighted by Gasteiger charge is -2.10. The first-order valence-corrected chi connectivity index (χ1v) is 10.3. The van der Waals surface area contributed by atoms with Crippen LogP contribution in [0, 0.1) is 0 Å². The third-order valence-corrected chi connectivity index (χ3v) is 5.07. The minimum atomic E-state index is -3.03. The summed E-state index contributed by atoms with van der Waals surface area (Å²) < 4.78 is 30.2. The topological polar surface area (TPSA) is 85.2 Å². The minimum absolute atomic E-state index is 0.269. The van der Waals surface area contributed by atoms with Crippen molar-refractivity contribution in [1.29, 1.82) is 0 Å². The molecule has 2 heterocycles. The molecule has 9 heteroatoms. The van der Waals surface area contributed by atoms with E-state index in [0.717, 1.165) is 22.3 Å². The van der Waals surface area contributed by atoms with E-state index in [-0.39, 0.29) is 6.42 Å². The summed E-state index contributed by atoms with van der Waals surface area (Å²) in [4.78, 5) is 4.19. The highest BCUT2D eigenvalue weighted by Crippen LogP contribution is 2.33. The molecule has 0 atom stereocenters. The van der Waals surface area contributed by atoms with Gasteiger partial charge in [0.2, 0.25) is 5.82 Å². The summed E-state index contributed by atoms with van der Waals surface area (Å²) in [6.07, 6.45) is 0.458. The van der Waals surface area contributed by atoms with E-state index in [1.807, 2.05) is 55.5 Å². The van der Waals surface area contributed by atoms with Crippen LogP contribution in [0.25, 0.3) is 22.5 Å². The van der Waals surface area contributed by atoms with Gasteiger partial charge in [-0.15, -0.1) is 10.2 Å². The molecule has 7 nitrogen and oxygen atoms in total. The molecule has 0 aliphatic carbocycles. The molecular weight excluding hydrogens is 400 g/mol. The molecule has 0 aliphatic heterocycles. The summed E-state index contributed by atoms with van der Waals surface area (Å²) in [5, 5.41) is 18.3. The van der Waals surface area contributed by atoms with Gasteiger partial charge in [0.05, 0.1) is 0 Å². The van der Waals surface area contributed by atoms with Gasteiger partial charge in [0.15, 0.2) is 5.82 Å². The van der Waals surface area contributed by atoms with E-state index in [9.17, 15) is 8.78 Å². The molecule has 2 aromatic carbocycles. The number of hydrogen-bond donors (Lipinski definition) is 1. The number of aryl methyl sites for hydroxylation is 1. The predicted octanol–water partition coefficient (Wildman–Crippen LogP) is 4.63. The van der Waals surface area contributed by atoms with E-state index >= 15 is 0 Å². The fourth-order valence-corrected chi connectivity index (χ4v) is 3.56. The number of rotatable bonds is 8. The SMILES string of the molecule is CCCC(F)(F)c1nc(Cc2ccc(-c3ccccc3)c(-c3nnn[nH]3)c2)n(CC)n1. The number of benzene rings is 2. The van der Waals surface area contributed by atoms with Crippen molar-refractivity contribution in [3.63, 3.8) is 0 Å². The predicted molar refractivity (Wildman–Crippen MR) is 112 cm³/mol. The highest BCUT2D eigenvalue weighted by atomic mass is 19.3. The van der Waals surface area contributed by atoms with Gasteiger partial charge in [-0.05, 0) is 46.5 Å². The van der Waals surface area contributed by atoms with Crippen LogP contribution in [0.1, 0.15) is 43.9 Å². The Balaban J connectivity index is 1.72. The monoisotopic (exact) mass is 423 g/mol. The largest absolute Gasteiger partial charge is 0.308 e. The van der Waals surface area contributed by atoms with Crippen molar-refractivity contribution in [2.45, 2.75) is 45.6 Å². The van der Waals surface area contributed by atoms with Crippen molar-refractivity contribution in [2.24, 2.45) is 0 Å². The molecule has 0 aliphatic rings. The zero-order valence-electron chi connectivity index (χ0n) is 17.4. The van der Waals surface area contributed by atoms with Crippen LogP contribution in [0.3, 0.4) is 0 Å². The maximum Gasteiger partial charge on any atom is 0.308 e. The minimum Gasteiger partial charge on any atom is -0.250 e. The summed E-state index contributed by atoms with van der Waals surface area (Å²) >= 11 is 0. The second kappa shape index (κ2) is 8.71. The van der Waals surface area contributed by atoms with Crippen LogP contribution < -0.4 is 0 Å². The van der Waals surface area contributed by atoms with Crippen LogP contribution in [0.15, 0.2) is 48.5 Å². The second-order valence-electron chi connectivity index (χ2n) is 7.29. The summed E-state index contributed by atoms with van der Waals surface area (Å²) in [6.45, 7) is 4.05. The van der Waals surface area contributed by atoms with Crippen LogP contribution in [0.5, 0.6) is 0 Å². The van der Waals surface area contributed by atoms with Crippen molar-refractivity contribution in [2.75, 3.05) is 0 Å². The molecule has 0 amide bonds. The number of nitrogens with one attached hydrogen (secondary N) is 1. The molecule has 0 saturated heterocycles. The highest BCUT2D eigenvalue weighted by Gasteiger charge is 2.36. The number of aromatic amines is 1. The molecule has 0 fully saturated rings. The van der Waals surface area contributed by atoms with Crippen LogP contribution in [-0.2, 0) is 18.9 Å². The summed E-state index contributed by atoms with van der Waals surface area (Å²) in [7, 11) is 0. The maximum absolute atomic E-state index is 14.4. The molecule has 0 spiro atoms. The average molecular weight is 423 g/mol. The van der Waals surface area contributed by atoms with Gasteiger partial charge in [0, 0.05) is 24.9 Å². The third-order valence-electron chi connectivity index (χ3n) is 5.07. The lowest BCUT2D eigenvalue weighted by molar-refractivity contribution is -0.0232. The standard InChI is InChI=1S/C22H23F2N7/c1-3-12-22(23,24)21-25-19(31(4-2)28-21)14-15-10-11-17(16-8-6-5-7-9-16)18(13-15)20-26-29-30-27-20/h5-11,13H,3-4,12,14H2,1-2H3,(H,26,27,29,30). The Kier molecular flexibility index (Phi) is 5.83. The summed E-state index contributed by atoms with van der Waals surface area (Å²) in [5.74, 6) is -2.40. The van der Waals surface area contributed by atoms with Crippen LogP contribution in [-0.4, -0.2) is 35.4 Å². The van der Waals surface area contributed by atoms with Gasteiger partial charge in [-0.2, -0.15) is 8.78 Å². The second-order valence-corrected chi connectivity index (χ2v) is 7.29. The molecule has 160 valence electrons.